The lowest BCUT2D eigenvalue weighted by Gasteiger charge is -2.12. The van der Waals surface area contributed by atoms with Crippen LogP contribution in [0.2, 0.25) is 10.0 Å². The van der Waals surface area contributed by atoms with Crippen LogP contribution in [0.4, 0.5) is 8.78 Å². The van der Waals surface area contributed by atoms with E-state index >= 15 is 0 Å². The molecular weight excluding hydrogens is 300 g/mol. The Morgan fingerprint density at radius 2 is 1.61 bits per heavy atom. The Bertz CT molecular complexity index is 584. The van der Waals surface area contributed by atoms with Gasteiger partial charge in [-0.05, 0) is 35.4 Å². The maximum Gasteiger partial charge on any atom is 0.159 e. The van der Waals surface area contributed by atoms with Crippen LogP contribution in [-0.2, 0) is 0 Å². The maximum atomic E-state index is 13.1. The van der Waals surface area contributed by atoms with Gasteiger partial charge in [0.1, 0.15) is 0 Å². The molecule has 1 unspecified atom stereocenters. The molecule has 0 amide bonds. The quantitative estimate of drug-likeness (QED) is 0.633. The number of benzene rings is 2. The molecule has 5 heteroatoms. The lowest BCUT2D eigenvalue weighted by atomic mass is 10.0. The van der Waals surface area contributed by atoms with Gasteiger partial charge in [0.05, 0.1) is 5.38 Å². The van der Waals surface area contributed by atoms with Crippen molar-refractivity contribution in [3.63, 3.8) is 0 Å². The monoisotopic (exact) mass is 306 g/mol. The summed E-state index contributed by atoms with van der Waals surface area (Å²) in [4.78, 5) is 0. The zero-order chi connectivity index (χ0) is 13.3. The van der Waals surface area contributed by atoms with E-state index in [9.17, 15) is 8.78 Å². The molecule has 0 bridgehead atoms. The smallest absolute Gasteiger partial charge is 0.159 e. The largest absolute Gasteiger partial charge is 0.204 e. The number of hydrogen-bond acceptors (Lipinski definition) is 0. The molecule has 0 fully saturated rings. The van der Waals surface area contributed by atoms with E-state index in [1.165, 1.54) is 6.07 Å². The summed E-state index contributed by atoms with van der Waals surface area (Å²) < 4.78 is 26.0. The van der Waals surface area contributed by atoms with Crippen molar-refractivity contribution in [1.29, 1.82) is 0 Å². The fourth-order valence-corrected chi connectivity index (χ4v) is 2.46. The fraction of sp³-hybridized carbons (Fsp3) is 0.0769. The molecular formula is C13H7Cl3F2. The van der Waals surface area contributed by atoms with Crippen molar-refractivity contribution in [3.05, 3.63) is 69.2 Å². The second-order valence-electron chi connectivity index (χ2n) is 3.70. The first-order valence-corrected chi connectivity index (χ1v) is 6.22. The molecule has 2 rings (SSSR count). The van der Waals surface area contributed by atoms with Crippen LogP contribution in [0, 0.1) is 11.6 Å². The second-order valence-corrected chi connectivity index (χ2v) is 4.98. The number of rotatable bonds is 2. The first-order valence-electron chi connectivity index (χ1n) is 5.03. The van der Waals surface area contributed by atoms with Crippen LogP contribution in [0.1, 0.15) is 16.5 Å². The normalized spacial score (nSPS) is 12.5. The van der Waals surface area contributed by atoms with Crippen LogP contribution >= 0.6 is 34.8 Å². The van der Waals surface area contributed by atoms with E-state index in [-0.39, 0.29) is 0 Å². The Morgan fingerprint density at radius 1 is 0.889 bits per heavy atom. The van der Waals surface area contributed by atoms with Gasteiger partial charge in [-0.3, -0.25) is 0 Å². The molecule has 0 aliphatic heterocycles. The molecule has 18 heavy (non-hydrogen) atoms. The molecule has 0 aliphatic carbocycles. The molecule has 2 aromatic carbocycles. The van der Waals surface area contributed by atoms with E-state index in [1.807, 2.05) is 0 Å². The van der Waals surface area contributed by atoms with Gasteiger partial charge in [0, 0.05) is 10.0 Å². The van der Waals surface area contributed by atoms with E-state index in [2.05, 4.69) is 0 Å². The summed E-state index contributed by atoms with van der Waals surface area (Å²) >= 11 is 18.0. The Morgan fingerprint density at radius 3 is 2.22 bits per heavy atom. The minimum atomic E-state index is -0.941. The average molecular weight is 308 g/mol. The van der Waals surface area contributed by atoms with Crippen LogP contribution < -0.4 is 0 Å². The number of halogens is 5. The van der Waals surface area contributed by atoms with E-state index in [4.69, 9.17) is 34.8 Å². The van der Waals surface area contributed by atoms with Crippen molar-refractivity contribution in [2.24, 2.45) is 0 Å². The number of hydrogen-bond donors (Lipinski definition) is 0. The van der Waals surface area contributed by atoms with Crippen LogP contribution in [0.3, 0.4) is 0 Å². The highest BCUT2D eigenvalue weighted by atomic mass is 35.5. The summed E-state index contributed by atoms with van der Waals surface area (Å²) in [5.41, 5.74) is 1.02. The van der Waals surface area contributed by atoms with Gasteiger partial charge in [0.15, 0.2) is 11.6 Å². The van der Waals surface area contributed by atoms with Gasteiger partial charge < -0.3 is 0 Å². The van der Waals surface area contributed by atoms with Gasteiger partial charge in [-0.2, -0.15) is 0 Å². The van der Waals surface area contributed by atoms with Crippen molar-refractivity contribution in [3.8, 4) is 0 Å². The molecule has 0 N–H and O–H groups in total. The third-order valence-corrected chi connectivity index (χ3v) is 3.52. The Balaban J connectivity index is 2.41. The molecule has 2 aromatic rings. The molecule has 0 nitrogen and oxygen atoms in total. The number of alkyl halides is 1. The topological polar surface area (TPSA) is 0 Å². The lowest BCUT2D eigenvalue weighted by molar-refractivity contribution is 0.507. The first kappa shape index (κ1) is 13.6. The van der Waals surface area contributed by atoms with Crippen LogP contribution in [0.5, 0.6) is 0 Å². The summed E-state index contributed by atoms with van der Waals surface area (Å²) in [6.45, 7) is 0. The summed E-state index contributed by atoms with van der Waals surface area (Å²) in [5.74, 6) is -1.85. The summed E-state index contributed by atoms with van der Waals surface area (Å²) in [5, 5.41) is 0.204. The third kappa shape index (κ3) is 2.77. The van der Waals surface area contributed by atoms with E-state index in [0.29, 0.717) is 21.2 Å². The minimum absolute atomic E-state index is 0.382. The molecule has 0 saturated carbocycles. The fourth-order valence-electron chi connectivity index (χ4n) is 1.56. The van der Waals surface area contributed by atoms with Crippen molar-refractivity contribution in [1.82, 2.24) is 0 Å². The molecule has 0 heterocycles. The molecule has 0 aliphatic rings. The predicted octanol–water partition coefficient (Wildman–Crippen LogP) is 5.60. The molecule has 94 valence electrons. The zero-order valence-corrected chi connectivity index (χ0v) is 11.2. The van der Waals surface area contributed by atoms with Crippen molar-refractivity contribution in [2.45, 2.75) is 5.38 Å². The van der Waals surface area contributed by atoms with Gasteiger partial charge >= 0.3 is 0 Å². The minimum Gasteiger partial charge on any atom is -0.204 e. The zero-order valence-electron chi connectivity index (χ0n) is 8.93. The SMILES string of the molecule is Fc1ccc(C(Cl)c2ccc(Cl)cc2Cl)cc1F. The van der Waals surface area contributed by atoms with Gasteiger partial charge in [-0.1, -0.05) is 35.3 Å². The standard InChI is InChI=1S/C13H7Cl3F2/c14-8-2-3-9(10(15)6-8)13(16)7-1-4-11(17)12(18)5-7/h1-6,13H. The van der Waals surface area contributed by atoms with Crippen molar-refractivity contribution < 1.29 is 8.78 Å². The summed E-state index contributed by atoms with van der Waals surface area (Å²) in [6.07, 6.45) is 0. The molecule has 1 atom stereocenters. The first-order chi connectivity index (χ1) is 8.49. The molecule has 0 saturated heterocycles. The van der Waals surface area contributed by atoms with Gasteiger partial charge in [-0.15, -0.1) is 11.6 Å². The molecule has 0 radical (unpaired) electrons. The van der Waals surface area contributed by atoms with Crippen molar-refractivity contribution in [2.75, 3.05) is 0 Å². The average Bonchev–Trinajstić information content (AvgIpc) is 2.32. The van der Waals surface area contributed by atoms with E-state index in [1.54, 1.807) is 18.2 Å². The van der Waals surface area contributed by atoms with Gasteiger partial charge in [-0.25, -0.2) is 8.78 Å². The maximum absolute atomic E-state index is 13.1. The third-order valence-electron chi connectivity index (χ3n) is 2.47. The summed E-state index contributed by atoms with van der Waals surface area (Å²) in [6, 6.07) is 8.35. The Kier molecular flexibility index (Phi) is 4.10. The molecule has 0 aromatic heterocycles. The lowest BCUT2D eigenvalue weighted by Crippen LogP contribution is -1.96. The highest BCUT2D eigenvalue weighted by Gasteiger charge is 2.16. The Labute approximate surface area is 118 Å². The second kappa shape index (κ2) is 5.43. The van der Waals surface area contributed by atoms with E-state index in [0.717, 1.165) is 12.1 Å². The van der Waals surface area contributed by atoms with Gasteiger partial charge in [0.25, 0.3) is 0 Å². The predicted molar refractivity (Wildman–Crippen MR) is 70.5 cm³/mol. The Hall–Kier alpha value is -0.830. The van der Waals surface area contributed by atoms with Crippen molar-refractivity contribution >= 4 is 34.8 Å². The highest BCUT2D eigenvalue weighted by molar-refractivity contribution is 6.36. The van der Waals surface area contributed by atoms with Crippen LogP contribution in [-0.4, -0.2) is 0 Å². The van der Waals surface area contributed by atoms with Gasteiger partial charge in [0.2, 0.25) is 0 Å². The molecule has 0 spiro atoms. The highest BCUT2D eigenvalue weighted by Crippen LogP contribution is 2.35. The van der Waals surface area contributed by atoms with Crippen LogP contribution in [0.15, 0.2) is 36.4 Å². The summed E-state index contributed by atoms with van der Waals surface area (Å²) in [7, 11) is 0. The van der Waals surface area contributed by atoms with E-state index < -0.39 is 17.0 Å². The van der Waals surface area contributed by atoms with Crippen LogP contribution in [0.25, 0.3) is 0 Å².